The Morgan fingerprint density at radius 1 is 1.28 bits per heavy atom. The van der Waals surface area contributed by atoms with Crippen molar-refractivity contribution in [1.82, 2.24) is 9.97 Å². The van der Waals surface area contributed by atoms with Crippen LogP contribution in [0.5, 0.6) is 11.8 Å². The average Bonchev–Trinajstić information content (AvgIpc) is 2.30. The largest absolute Gasteiger partial charge is 0.476 e. The number of rotatable bonds is 6. The first kappa shape index (κ1) is 14.3. The van der Waals surface area contributed by atoms with Gasteiger partial charge in [0.15, 0.2) is 12.3 Å². The molecule has 0 aromatic carbocycles. The van der Waals surface area contributed by atoms with E-state index in [9.17, 15) is 17.6 Å². The van der Waals surface area contributed by atoms with Crippen molar-refractivity contribution in [3.63, 3.8) is 0 Å². The second-order valence-electron chi connectivity index (χ2n) is 3.18. The first-order valence-corrected chi connectivity index (χ1v) is 4.90. The number of halogens is 4. The fraction of sp³-hybridized carbons (Fsp3) is 0.556. The lowest BCUT2D eigenvalue weighted by Gasteiger charge is -2.16. The van der Waals surface area contributed by atoms with Gasteiger partial charge in [0.2, 0.25) is 11.8 Å². The van der Waals surface area contributed by atoms with Crippen LogP contribution in [0.1, 0.15) is 6.92 Å². The normalized spacial score (nSPS) is 11.7. The lowest BCUT2D eigenvalue weighted by Crippen LogP contribution is -2.34. The van der Waals surface area contributed by atoms with Crippen molar-refractivity contribution in [2.75, 3.05) is 18.9 Å². The van der Waals surface area contributed by atoms with Crippen molar-refractivity contribution in [3.8, 4) is 11.8 Å². The van der Waals surface area contributed by atoms with Gasteiger partial charge in [-0.05, 0) is 6.92 Å². The SMILES string of the molecule is CCOc1ncnc(OCC(F)(F)C(F)F)c1N. The molecule has 0 aliphatic carbocycles. The molecule has 0 saturated heterocycles. The molecule has 1 heterocycles. The minimum absolute atomic E-state index is 0.0529. The van der Waals surface area contributed by atoms with Crippen molar-refractivity contribution >= 4 is 5.69 Å². The maximum atomic E-state index is 12.6. The van der Waals surface area contributed by atoms with E-state index in [2.05, 4.69) is 14.7 Å². The standard InChI is InChI=1S/C9H11F4N3O2/c1-2-17-6-5(14)7(16-4-15-6)18-3-9(12,13)8(10)11/h4,8H,2-3,14H2,1H3. The predicted molar refractivity (Wildman–Crippen MR) is 54.1 cm³/mol. The van der Waals surface area contributed by atoms with Gasteiger partial charge >= 0.3 is 12.3 Å². The van der Waals surface area contributed by atoms with Crippen LogP contribution in [0.25, 0.3) is 0 Å². The van der Waals surface area contributed by atoms with E-state index in [4.69, 9.17) is 10.5 Å². The van der Waals surface area contributed by atoms with E-state index in [-0.39, 0.29) is 18.2 Å². The number of hydrogen-bond acceptors (Lipinski definition) is 5. The van der Waals surface area contributed by atoms with Gasteiger partial charge in [-0.2, -0.15) is 18.7 Å². The first-order chi connectivity index (χ1) is 8.38. The summed E-state index contributed by atoms with van der Waals surface area (Å²) in [6.07, 6.45) is -2.86. The molecule has 18 heavy (non-hydrogen) atoms. The van der Waals surface area contributed by atoms with Gasteiger partial charge in [-0.3, -0.25) is 0 Å². The van der Waals surface area contributed by atoms with Gasteiger partial charge in [0.05, 0.1) is 6.61 Å². The van der Waals surface area contributed by atoms with Crippen LogP contribution < -0.4 is 15.2 Å². The highest BCUT2D eigenvalue weighted by Crippen LogP contribution is 2.29. The van der Waals surface area contributed by atoms with Crippen molar-refractivity contribution in [2.45, 2.75) is 19.3 Å². The van der Waals surface area contributed by atoms with Crippen molar-refractivity contribution in [1.29, 1.82) is 0 Å². The van der Waals surface area contributed by atoms with E-state index < -0.39 is 24.8 Å². The van der Waals surface area contributed by atoms with E-state index >= 15 is 0 Å². The topological polar surface area (TPSA) is 70.3 Å². The van der Waals surface area contributed by atoms with Crippen LogP contribution >= 0.6 is 0 Å². The molecule has 1 rings (SSSR count). The quantitative estimate of drug-likeness (QED) is 0.796. The summed E-state index contributed by atoms with van der Waals surface area (Å²) < 4.78 is 58.5. The van der Waals surface area contributed by atoms with E-state index in [0.717, 1.165) is 6.33 Å². The van der Waals surface area contributed by atoms with Gasteiger partial charge in [0.25, 0.3) is 0 Å². The summed E-state index contributed by atoms with van der Waals surface area (Å²) in [7, 11) is 0. The molecule has 0 aliphatic heterocycles. The zero-order valence-corrected chi connectivity index (χ0v) is 9.37. The second-order valence-corrected chi connectivity index (χ2v) is 3.18. The molecule has 0 aliphatic rings. The molecule has 0 fully saturated rings. The highest BCUT2D eigenvalue weighted by molar-refractivity contribution is 5.55. The molecule has 0 amide bonds. The molecule has 9 heteroatoms. The molecule has 2 N–H and O–H groups in total. The van der Waals surface area contributed by atoms with Crippen molar-refractivity contribution < 1.29 is 27.0 Å². The molecule has 0 atom stereocenters. The fourth-order valence-electron chi connectivity index (χ4n) is 0.959. The number of ether oxygens (including phenoxy) is 2. The minimum Gasteiger partial charge on any atom is -0.476 e. The van der Waals surface area contributed by atoms with Crippen LogP contribution in [-0.4, -0.2) is 35.5 Å². The zero-order valence-electron chi connectivity index (χ0n) is 9.37. The molecule has 1 aromatic heterocycles. The fourth-order valence-corrected chi connectivity index (χ4v) is 0.959. The van der Waals surface area contributed by atoms with Crippen molar-refractivity contribution in [3.05, 3.63) is 6.33 Å². The maximum Gasteiger partial charge on any atom is 0.340 e. The third kappa shape index (κ3) is 3.34. The number of nitrogen functional groups attached to an aromatic ring is 1. The van der Waals surface area contributed by atoms with E-state index in [1.165, 1.54) is 0 Å². The molecular weight excluding hydrogens is 258 g/mol. The van der Waals surface area contributed by atoms with Crippen LogP contribution in [0.2, 0.25) is 0 Å². The molecule has 5 nitrogen and oxygen atoms in total. The van der Waals surface area contributed by atoms with Crippen molar-refractivity contribution in [2.24, 2.45) is 0 Å². The molecule has 0 unspecified atom stereocenters. The van der Waals surface area contributed by atoms with E-state index in [1.807, 2.05) is 0 Å². The summed E-state index contributed by atoms with van der Waals surface area (Å²) in [5.41, 5.74) is 5.25. The summed E-state index contributed by atoms with van der Waals surface area (Å²) in [6, 6.07) is 0. The number of hydrogen-bond donors (Lipinski definition) is 1. The summed E-state index contributed by atoms with van der Waals surface area (Å²) in [4.78, 5) is 7.10. The third-order valence-corrected chi connectivity index (χ3v) is 1.81. The number of anilines is 1. The number of nitrogens with two attached hydrogens (primary N) is 1. The summed E-state index contributed by atoms with van der Waals surface area (Å²) in [5, 5.41) is 0. The Labute approximate surface area is 99.9 Å². The lowest BCUT2D eigenvalue weighted by molar-refractivity contribution is -0.148. The molecule has 0 radical (unpaired) electrons. The monoisotopic (exact) mass is 269 g/mol. The lowest BCUT2D eigenvalue weighted by atomic mass is 10.4. The summed E-state index contributed by atoms with van der Waals surface area (Å²) in [6.45, 7) is 0.373. The maximum absolute atomic E-state index is 12.6. The number of alkyl halides is 4. The van der Waals surface area contributed by atoms with Crippen LogP contribution in [0.4, 0.5) is 23.2 Å². The predicted octanol–water partition coefficient (Wildman–Crippen LogP) is 1.74. The molecule has 1 aromatic rings. The number of aromatic nitrogens is 2. The third-order valence-electron chi connectivity index (χ3n) is 1.81. The molecular formula is C9H11F4N3O2. The zero-order chi connectivity index (χ0) is 13.8. The van der Waals surface area contributed by atoms with Crippen LogP contribution in [-0.2, 0) is 0 Å². The Morgan fingerprint density at radius 3 is 2.33 bits per heavy atom. The van der Waals surface area contributed by atoms with E-state index in [0.29, 0.717) is 0 Å². The Morgan fingerprint density at radius 2 is 1.83 bits per heavy atom. The highest BCUT2D eigenvalue weighted by atomic mass is 19.3. The van der Waals surface area contributed by atoms with Gasteiger partial charge in [-0.15, -0.1) is 0 Å². The van der Waals surface area contributed by atoms with Gasteiger partial charge in [0.1, 0.15) is 6.33 Å². The second kappa shape index (κ2) is 5.69. The van der Waals surface area contributed by atoms with Crippen LogP contribution in [0, 0.1) is 0 Å². The molecule has 0 spiro atoms. The Bertz CT molecular complexity index is 403. The number of nitrogens with zero attached hydrogens (tertiary/aromatic N) is 2. The summed E-state index contributed by atoms with van der Waals surface area (Å²) in [5.74, 6) is -4.75. The Balaban J connectivity index is 2.77. The Kier molecular flexibility index (Phi) is 4.51. The van der Waals surface area contributed by atoms with Crippen LogP contribution in [0.15, 0.2) is 6.33 Å². The van der Waals surface area contributed by atoms with E-state index in [1.54, 1.807) is 6.92 Å². The minimum atomic E-state index is -4.27. The van der Waals surface area contributed by atoms with Gasteiger partial charge < -0.3 is 15.2 Å². The summed E-state index contributed by atoms with van der Waals surface area (Å²) >= 11 is 0. The van der Waals surface area contributed by atoms with Gasteiger partial charge in [-0.1, -0.05) is 0 Å². The average molecular weight is 269 g/mol. The Hall–Kier alpha value is -1.80. The molecule has 0 bridgehead atoms. The smallest absolute Gasteiger partial charge is 0.340 e. The molecule has 0 saturated carbocycles. The highest BCUT2D eigenvalue weighted by Gasteiger charge is 2.42. The first-order valence-electron chi connectivity index (χ1n) is 4.90. The van der Waals surface area contributed by atoms with Crippen LogP contribution in [0.3, 0.4) is 0 Å². The van der Waals surface area contributed by atoms with Gasteiger partial charge in [-0.25, -0.2) is 8.78 Å². The molecule has 102 valence electrons. The van der Waals surface area contributed by atoms with Gasteiger partial charge in [0, 0.05) is 0 Å².